The third kappa shape index (κ3) is 4.63. The molecule has 3 rings (SSSR count). The number of nitrogens with one attached hydrogen (secondary N) is 2. The first-order valence-electron chi connectivity index (χ1n) is 9.12. The molecule has 2 aliphatic rings. The Hall–Kier alpha value is -2.48. The normalized spacial score (nSPS) is 25.6. The molecule has 2 N–H and O–H groups in total. The van der Waals surface area contributed by atoms with Gasteiger partial charge in [0.25, 0.3) is 5.91 Å². The maximum Gasteiger partial charge on any atom is 0.251 e. The molecule has 3 atom stereocenters. The molecule has 0 aromatic heterocycles. The fraction of sp³-hybridized carbons (Fsp3) is 0.526. The van der Waals surface area contributed by atoms with Crippen molar-refractivity contribution in [3.05, 3.63) is 35.6 Å². The van der Waals surface area contributed by atoms with Crippen LogP contribution >= 0.6 is 0 Å². The van der Waals surface area contributed by atoms with Crippen LogP contribution in [0.5, 0.6) is 0 Å². The van der Waals surface area contributed by atoms with Crippen molar-refractivity contribution in [3.63, 3.8) is 0 Å². The van der Waals surface area contributed by atoms with Crippen molar-refractivity contribution in [2.45, 2.75) is 31.4 Å². The first-order chi connectivity index (χ1) is 13.0. The lowest BCUT2D eigenvalue weighted by Crippen LogP contribution is -2.54. The third-order valence-corrected chi connectivity index (χ3v) is 5.21. The van der Waals surface area contributed by atoms with Crippen molar-refractivity contribution >= 4 is 17.7 Å². The van der Waals surface area contributed by atoms with Crippen LogP contribution in [-0.4, -0.2) is 61.5 Å². The Balaban J connectivity index is 1.65. The van der Waals surface area contributed by atoms with E-state index < -0.39 is 5.82 Å². The Labute approximate surface area is 157 Å². The molecule has 7 nitrogen and oxygen atoms in total. The Morgan fingerprint density at radius 2 is 2.00 bits per heavy atom. The van der Waals surface area contributed by atoms with Gasteiger partial charge in [0.05, 0.1) is 18.7 Å². The predicted octanol–water partition coefficient (Wildman–Crippen LogP) is 0.698. The smallest absolute Gasteiger partial charge is 0.251 e. The predicted molar refractivity (Wildman–Crippen MR) is 95.4 cm³/mol. The number of ether oxygens (including phenoxy) is 1. The standard InChI is InChI=1S/C19H24FN3O4/c1-27-16-7-4-13(19(26)23-9-8-21-17(24)11-23)10-15(16)22-18(25)12-2-5-14(20)6-3-12/h2-3,5-6,13,15-16H,4,7-11H2,1H3,(H,21,24)(H,22,25)/t13-,15+,16+/m0/s1. The lowest BCUT2D eigenvalue weighted by Gasteiger charge is -2.38. The van der Waals surface area contributed by atoms with Gasteiger partial charge in [-0.3, -0.25) is 14.4 Å². The highest BCUT2D eigenvalue weighted by Crippen LogP contribution is 2.28. The number of methoxy groups -OCH3 is 1. The summed E-state index contributed by atoms with van der Waals surface area (Å²) in [5, 5.41) is 5.62. The monoisotopic (exact) mass is 377 g/mol. The second kappa shape index (κ2) is 8.47. The first kappa shape index (κ1) is 19.3. The van der Waals surface area contributed by atoms with Gasteiger partial charge < -0.3 is 20.3 Å². The topological polar surface area (TPSA) is 87.7 Å². The molecule has 2 fully saturated rings. The maximum atomic E-state index is 13.0. The van der Waals surface area contributed by atoms with Crippen LogP contribution in [0.25, 0.3) is 0 Å². The minimum Gasteiger partial charge on any atom is -0.379 e. The van der Waals surface area contributed by atoms with Gasteiger partial charge >= 0.3 is 0 Å². The summed E-state index contributed by atoms with van der Waals surface area (Å²) in [6.07, 6.45) is 1.55. The van der Waals surface area contributed by atoms with Gasteiger partial charge in [-0.15, -0.1) is 0 Å². The molecule has 27 heavy (non-hydrogen) atoms. The van der Waals surface area contributed by atoms with Gasteiger partial charge in [0, 0.05) is 31.7 Å². The fourth-order valence-corrected chi connectivity index (χ4v) is 3.74. The molecule has 1 saturated carbocycles. The summed E-state index contributed by atoms with van der Waals surface area (Å²) in [5.74, 6) is -1.20. The van der Waals surface area contributed by atoms with Crippen LogP contribution in [0.15, 0.2) is 24.3 Å². The number of nitrogens with zero attached hydrogens (tertiary/aromatic N) is 1. The number of carbonyl (C=O) groups is 3. The second-order valence-corrected chi connectivity index (χ2v) is 6.98. The summed E-state index contributed by atoms with van der Waals surface area (Å²) in [7, 11) is 1.58. The van der Waals surface area contributed by atoms with Crippen LogP contribution in [0.2, 0.25) is 0 Å². The van der Waals surface area contributed by atoms with E-state index in [1.54, 1.807) is 12.0 Å². The average Bonchev–Trinajstić information content (AvgIpc) is 2.68. The van der Waals surface area contributed by atoms with E-state index in [0.717, 1.165) is 0 Å². The van der Waals surface area contributed by atoms with E-state index in [2.05, 4.69) is 10.6 Å². The van der Waals surface area contributed by atoms with Crippen molar-refractivity contribution in [1.82, 2.24) is 15.5 Å². The number of halogens is 1. The molecule has 1 saturated heterocycles. The molecule has 1 heterocycles. The van der Waals surface area contributed by atoms with Crippen molar-refractivity contribution in [2.75, 3.05) is 26.7 Å². The number of rotatable bonds is 4. The molecular formula is C19H24FN3O4. The number of amides is 3. The summed E-state index contributed by atoms with van der Waals surface area (Å²) in [4.78, 5) is 38.4. The second-order valence-electron chi connectivity index (χ2n) is 6.98. The third-order valence-electron chi connectivity index (χ3n) is 5.21. The zero-order valence-electron chi connectivity index (χ0n) is 15.2. The van der Waals surface area contributed by atoms with Gasteiger partial charge in [-0.25, -0.2) is 4.39 Å². The number of hydrogen-bond acceptors (Lipinski definition) is 4. The van der Waals surface area contributed by atoms with Gasteiger partial charge in [-0.1, -0.05) is 0 Å². The van der Waals surface area contributed by atoms with Gasteiger partial charge in [0.15, 0.2) is 0 Å². The van der Waals surface area contributed by atoms with Gasteiger partial charge in [0.1, 0.15) is 5.82 Å². The lowest BCUT2D eigenvalue weighted by molar-refractivity contribution is -0.143. The number of piperazine rings is 1. The van der Waals surface area contributed by atoms with E-state index in [-0.39, 0.29) is 42.3 Å². The minimum absolute atomic E-state index is 0.0552. The Morgan fingerprint density at radius 1 is 1.26 bits per heavy atom. The highest BCUT2D eigenvalue weighted by Gasteiger charge is 2.37. The van der Waals surface area contributed by atoms with Crippen LogP contribution in [0, 0.1) is 11.7 Å². The maximum absolute atomic E-state index is 13.0. The summed E-state index contributed by atoms with van der Waals surface area (Å²) in [6.45, 7) is 1.04. The molecule has 8 heteroatoms. The SMILES string of the molecule is CO[C@@H]1CC[C@H](C(=O)N2CCNC(=O)C2)C[C@H]1NC(=O)c1ccc(F)cc1. The molecule has 1 aliphatic carbocycles. The van der Waals surface area contributed by atoms with Crippen molar-refractivity contribution < 1.29 is 23.5 Å². The molecule has 1 aromatic rings. The largest absolute Gasteiger partial charge is 0.379 e. The summed E-state index contributed by atoms with van der Waals surface area (Å²) >= 11 is 0. The van der Waals surface area contributed by atoms with Crippen molar-refractivity contribution in [2.24, 2.45) is 5.92 Å². The van der Waals surface area contributed by atoms with Gasteiger partial charge in [-0.05, 0) is 43.5 Å². The Morgan fingerprint density at radius 3 is 2.67 bits per heavy atom. The number of hydrogen-bond donors (Lipinski definition) is 2. The summed E-state index contributed by atoms with van der Waals surface area (Å²) in [5.41, 5.74) is 0.354. The van der Waals surface area contributed by atoms with Gasteiger partial charge in [0.2, 0.25) is 11.8 Å². The molecule has 3 amide bonds. The summed E-state index contributed by atoms with van der Waals surface area (Å²) in [6, 6.07) is 4.98. The van der Waals surface area contributed by atoms with Crippen LogP contribution in [0.4, 0.5) is 4.39 Å². The van der Waals surface area contributed by atoms with Crippen molar-refractivity contribution in [1.29, 1.82) is 0 Å². The molecule has 1 aliphatic heterocycles. The van der Waals surface area contributed by atoms with Crippen molar-refractivity contribution in [3.8, 4) is 0 Å². The molecule has 0 radical (unpaired) electrons. The van der Waals surface area contributed by atoms with Crippen LogP contribution in [-0.2, 0) is 14.3 Å². The van der Waals surface area contributed by atoms with Gasteiger partial charge in [-0.2, -0.15) is 0 Å². The van der Waals surface area contributed by atoms with E-state index in [0.29, 0.717) is 37.9 Å². The molecule has 0 bridgehead atoms. The summed E-state index contributed by atoms with van der Waals surface area (Å²) < 4.78 is 18.5. The molecule has 1 aromatic carbocycles. The molecule has 146 valence electrons. The first-order valence-corrected chi connectivity index (χ1v) is 9.12. The number of carbonyl (C=O) groups excluding carboxylic acids is 3. The Kier molecular flexibility index (Phi) is 6.05. The lowest BCUT2D eigenvalue weighted by atomic mass is 9.82. The highest BCUT2D eigenvalue weighted by atomic mass is 19.1. The van der Waals surface area contributed by atoms with E-state index in [9.17, 15) is 18.8 Å². The Bertz CT molecular complexity index is 709. The van der Waals surface area contributed by atoms with E-state index in [4.69, 9.17) is 4.74 Å². The highest BCUT2D eigenvalue weighted by molar-refractivity contribution is 5.94. The van der Waals surface area contributed by atoms with Crippen LogP contribution in [0.1, 0.15) is 29.6 Å². The van der Waals surface area contributed by atoms with E-state index in [1.165, 1.54) is 24.3 Å². The molecule has 0 unspecified atom stereocenters. The fourth-order valence-electron chi connectivity index (χ4n) is 3.74. The van der Waals surface area contributed by atoms with Crippen LogP contribution in [0.3, 0.4) is 0 Å². The average molecular weight is 377 g/mol. The molecular weight excluding hydrogens is 353 g/mol. The zero-order chi connectivity index (χ0) is 19.4. The van der Waals surface area contributed by atoms with E-state index in [1.807, 2.05) is 0 Å². The van der Waals surface area contributed by atoms with E-state index >= 15 is 0 Å². The minimum atomic E-state index is -0.407. The quantitative estimate of drug-likeness (QED) is 0.809. The molecule has 0 spiro atoms. The zero-order valence-corrected chi connectivity index (χ0v) is 15.2. The number of benzene rings is 1. The van der Waals surface area contributed by atoms with Crippen LogP contribution < -0.4 is 10.6 Å².